The zero-order chi connectivity index (χ0) is 21.3. The molecular formula is C21H26F2IN5O2. The maximum atomic E-state index is 12.6. The van der Waals surface area contributed by atoms with Gasteiger partial charge in [0.2, 0.25) is 0 Å². The number of aromatic amines is 1. The first-order chi connectivity index (χ1) is 14.6. The summed E-state index contributed by atoms with van der Waals surface area (Å²) < 4.78 is 35.0. The van der Waals surface area contributed by atoms with E-state index in [1.807, 2.05) is 24.3 Å². The van der Waals surface area contributed by atoms with Gasteiger partial charge in [0.05, 0.1) is 18.1 Å². The van der Waals surface area contributed by atoms with E-state index in [2.05, 4.69) is 30.3 Å². The van der Waals surface area contributed by atoms with Crippen molar-refractivity contribution >= 4 is 41.0 Å². The lowest BCUT2D eigenvalue weighted by Gasteiger charge is -2.15. The van der Waals surface area contributed by atoms with Gasteiger partial charge in [-0.25, -0.2) is 4.98 Å². The standard InChI is InChI=1S/C21H25F2N5O2.HI/c1-24-21(25-11-5-8-19-27-16-6-3-4-7-17(16)28-19)26-13-14-12-15(29-2)9-10-18(14)30-20(22)23;/h3-4,6-7,9-10,12,20H,5,8,11,13H2,1-2H3,(H,27,28)(H2,24,25,26);1H. The van der Waals surface area contributed by atoms with Gasteiger partial charge in [0.1, 0.15) is 17.3 Å². The van der Waals surface area contributed by atoms with Crippen molar-refractivity contribution in [1.29, 1.82) is 0 Å². The number of guanidine groups is 1. The number of para-hydroxylation sites is 2. The van der Waals surface area contributed by atoms with Crippen LogP contribution in [0, 0.1) is 0 Å². The molecule has 3 aromatic rings. The molecule has 0 unspecified atom stereocenters. The van der Waals surface area contributed by atoms with E-state index in [0.29, 0.717) is 23.8 Å². The van der Waals surface area contributed by atoms with Crippen LogP contribution in [0.15, 0.2) is 47.5 Å². The Balaban J connectivity index is 0.00000341. The third-order valence-electron chi connectivity index (χ3n) is 4.47. The largest absolute Gasteiger partial charge is 0.497 e. The van der Waals surface area contributed by atoms with Crippen LogP contribution in [0.2, 0.25) is 0 Å². The Labute approximate surface area is 196 Å². The molecule has 0 aliphatic heterocycles. The molecule has 3 N–H and O–H groups in total. The molecule has 0 amide bonds. The lowest BCUT2D eigenvalue weighted by molar-refractivity contribution is -0.0504. The molecule has 0 atom stereocenters. The highest BCUT2D eigenvalue weighted by Crippen LogP contribution is 2.25. The molecule has 31 heavy (non-hydrogen) atoms. The van der Waals surface area contributed by atoms with Gasteiger partial charge in [-0.05, 0) is 36.8 Å². The van der Waals surface area contributed by atoms with Gasteiger partial charge in [0.15, 0.2) is 5.96 Å². The van der Waals surface area contributed by atoms with Crippen LogP contribution < -0.4 is 20.1 Å². The SMILES string of the molecule is CN=C(NCCCc1nc2ccccc2[nH]1)NCc1cc(OC)ccc1OC(F)F.I. The maximum Gasteiger partial charge on any atom is 0.387 e. The molecule has 0 aliphatic rings. The van der Waals surface area contributed by atoms with E-state index >= 15 is 0 Å². The predicted molar refractivity (Wildman–Crippen MR) is 128 cm³/mol. The summed E-state index contributed by atoms with van der Waals surface area (Å²) in [5.41, 5.74) is 2.52. The second-order valence-electron chi connectivity index (χ2n) is 6.51. The number of aliphatic imine (C=N–C) groups is 1. The van der Waals surface area contributed by atoms with E-state index in [-0.39, 0.29) is 36.3 Å². The van der Waals surface area contributed by atoms with Crippen LogP contribution in [0.4, 0.5) is 8.78 Å². The lowest BCUT2D eigenvalue weighted by atomic mass is 10.2. The van der Waals surface area contributed by atoms with Gasteiger partial charge in [0, 0.05) is 32.1 Å². The van der Waals surface area contributed by atoms with Crippen LogP contribution in [-0.4, -0.2) is 43.2 Å². The number of methoxy groups -OCH3 is 1. The molecule has 3 rings (SSSR count). The van der Waals surface area contributed by atoms with Crippen LogP contribution in [-0.2, 0) is 13.0 Å². The fraction of sp³-hybridized carbons (Fsp3) is 0.333. The van der Waals surface area contributed by atoms with Crippen molar-refractivity contribution in [3.8, 4) is 11.5 Å². The van der Waals surface area contributed by atoms with Crippen molar-refractivity contribution < 1.29 is 18.3 Å². The fourth-order valence-corrected chi connectivity index (χ4v) is 3.02. The van der Waals surface area contributed by atoms with E-state index in [0.717, 1.165) is 29.7 Å². The molecule has 0 saturated heterocycles. The summed E-state index contributed by atoms with van der Waals surface area (Å²) in [6.45, 7) is -1.97. The highest BCUT2D eigenvalue weighted by atomic mass is 127. The minimum Gasteiger partial charge on any atom is -0.497 e. The number of halogens is 3. The van der Waals surface area contributed by atoms with E-state index in [1.54, 1.807) is 19.2 Å². The van der Waals surface area contributed by atoms with E-state index in [4.69, 9.17) is 4.74 Å². The summed E-state index contributed by atoms with van der Waals surface area (Å²) in [7, 11) is 3.17. The summed E-state index contributed by atoms with van der Waals surface area (Å²) in [4.78, 5) is 12.0. The number of nitrogens with one attached hydrogen (secondary N) is 3. The summed E-state index contributed by atoms with van der Waals surface area (Å²) in [6.07, 6.45) is 1.64. The quantitative estimate of drug-likeness (QED) is 0.163. The number of ether oxygens (including phenoxy) is 2. The number of aryl methyl sites for hydroxylation is 1. The smallest absolute Gasteiger partial charge is 0.387 e. The number of benzene rings is 2. The average molecular weight is 545 g/mol. The molecule has 1 heterocycles. The lowest BCUT2D eigenvalue weighted by Crippen LogP contribution is -2.37. The minimum absolute atomic E-state index is 0. The highest BCUT2D eigenvalue weighted by molar-refractivity contribution is 14.0. The van der Waals surface area contributed by atoms with Crippen LogP contribution in [0.25, 0.3) is 11.0 Å². The van der Waals surface area contributed by atoms with Gasteiger partial charge in [-0.1, -0.05) is 12.1 Å². The van der Waals surface area contributed by atoms with Gasteiger partial charge in [-0.2, -0.15) is 8.78 Å². The van der Waals surface area contributed by atoms with Gasteiger partial charge in [-0.3, -0.25) is 4.99 Å². The molecule has 0 bridgehead atoms. The molecule has 0 aliphatic carbocycles. The average Bonchev–Trinajstić information content (AvgIpc) is 3.16. The normalized spacial score (nSPS) is 11.3. The van der Waals surface area contributed by atoms with Crippen molar-refractivity contribution in [2.45, 2.75) is 26.0 Å². The second kappa shape index (κ2) is 12.3. The third kappa shape index (κ3) is 7.23. The van der Waals surface area contributed by atoms with Gasteiger partial charge in [0.25, 0.3) is 0 Å². The van der Waals surface area contributed by atoms with E-state index in [9.17, 15) is 8.78 Å². The van der Waals surface area contributed by atoms with E-state index < -0.39 is 6.61 Å². The van der Waals surface area contributed by atoms with Gasteiger partial charge < -0.3 is 25.1 Å². The number of H-pyrrole nitrogens is 1. The van der Waals surface area contributed by atoms with Crippen LogP contribution in [0.3, 0.4) is 0 Å². The molecule has 1 aromatic heterocycles. The van der Waals surface area contributed by atoms with Crippen molar-refractivity contribution in [3.05, 3.63) is 53.9 Å². The topological polar surface area (TPSA) is 83.6 Å². The molecule has 10 heteroatoms. The Kier molecular flexibility index (Phi) is 9.76. The molecule has 168 valence electrons. The highest BCUT2D eigenvalue weighted by Gasteiger charge is 2.11. The Bertz CT molecular complexity index is 964. The van der Waals surface area contributed by atoms with Crippen molar-refractivity contribution in [1.82, 2.24) is 20.6 Å². The van der Waals surface area contributed by atoms with Gasteiger partial charge >= 0.3 is 6.61 Å². The summed E-state index contributed by atoms with van der Waals surface area (Å²) in [5, 5.41) is 6.32. The summed E-state index contributed by atoms with van der Waals surface area (Å²) >= 11 is 0. The molecular weight excluding hydrogens is 519 g/mol. The molecule has 0 saturated carbocycles. The first-order valence-electron chi connectivity index (χ1n) is 9.59. The second-order valence-corrected chi connectivity index (χ2v) is 6.51. The number of rotatable bonds is 9. The zero-order valence-corrected chi connectivity index (χ0v) is 19.7. The molecule has 7 nitrogen and oxygen atoms in total. The fourth-order valence-electron chi connectivity index (χ4n) is 3.02. The summed E-state index contributed by atoms with van der Waals surface area (Å²) in [5.74, 6) is 2.15. The maximum absolute atomic E-state index is 12.6. The number of nitrogens with zero attached hydrogens (tertiary/aromatic N) is 2. The summed E-state index contributed by atoms with van der Waals surface area (Å²) in [6, 6.07) is 12.6. The first-order valence-corrected chi connectivity index (χ1v) is 9.59. The minimum atomic E-state index is -2.90. The number of aromatic nitrogens is 2. The van der Waals surface area contributed by atoms with Crippen molar-refractivity contribution in [2.75, 3.05) is 20.7 Å². The number of hydrogen-bond acceptors (Lipinski definition) is 4. The van der Waals surface area contributed by atoms with Crippen LogP contribution >= 0.6 is 24.0 Å². The number of hydrogen-bond donors (Lipinski definition) is 3. The van der Waals surface area contributed by atoms with Gasteiger partial charge in [-0.15, -0.1) is 24.0 Å². The monoisotopic (exact) mass is 545 g/mol. The third-order valence-corrected chi connectivity index (χ3v) is 4.47. The number of alkyl halides is 2. The zero-order valence-electron chi connectivity index (χ0n) is 17.3. The molecule has 0 radical (unpaired) electrons. The van der Waals surface area contributed by atoms with Crippen molar-refractivity contribution in [3.63, 3.8) is 0 Å². The number of imidazole rings is 1. The Morgan fingerprint density at radius 2 is 2.00 bits per heavy atom. The van der Waals surface area contributed by atoms with Crippen molar-refractivity contribution in [2.24, 2.45) is 4.99 Å². The molecule has 0 fully saturated rings. The van der Waals surface area contributed by atoms with Crippen LogP contribution in [0.5, 0.6) is 11.5 Å². The Morgan fingerprint density at radius 1 is 1.19 bits per heavy atom. The van der Waals surface area contributed by atoms with Crippen LogP contribution in [0.1, 0.15) is 17.8 Å². The molecule has 0 spiro atoms. The Hall–Kier alpha value is -2.63. The first kappa shape index (κ1) is 24.6. The number of fused-ring (bicyclic) bond motifs is 1. The molecule has 2 aromatic carbocycles. The predicted octanol–water partition coefficient (Wildman–Crippen LogP) is 4.09. The van der Waals surface area contributed by atoms with E-state index in [1.165, 1.54) is 13.2 Å². The Morgan fingerprint density at radius 3 is 2.71 bits per heavy atom.